The van der Waals surface area contributed by atoms with E-state index in [2.05, 4.69) is 4.98 Å². The predicted molar refractivity (Wildman–Crippen MR) is 114 cm³/mol. The molecule has 0 saturated carbocycles. The quantitative estimate of drug-likeness (QED) is 0.733. The molecule has 2 aromatic rings. The van der Waals surface area contributed by atoms with Crippen LogP contribution in [0.3, 0.4) is 0 Å². The average Bonchev–Trinajstić information content (AvgIpc) is 3.10. The van der Waals surface area contributed by atoms with Crippen LogP contribution in [0.4, 0.5) is 11.5 Å². The SMILES string of the molecule is CC1(C)C(=O)N(c2ccccc2)/C1=C1\N=C2C=CC=CN2\C1=N\c1ccccn1. The van der Waals surface area contributed by atoms with Gasteiger partial charge in [0.15, 0.2) is 11.7 Å². The van der Waals surface area contributed by atoms with E-state index in [0.717, 1.165) is 17.2 Å². The molecule has 3 aliphatic rings. The number of pyridine rings is 1. The van der Waals surface area contributed by atoms with Crippen LogP contribution in [0.25, 0.3) is 0 Å². The first kappa shape index (κ1) is 17.3. The van der Waals surface area contributed by atoms with E-state index in [9.17, 15) is 4.79 Å². The molecule has 0 N–H and O–H groups in total. The Bertz CT molecular complexity index is 1140. The number of carbonyl (C=O) groups excluding carboxylic acids is 1. The second-order valence-electron chi connectivity index (χ2n) is 7.46. The Labute approximate surface area is 168 Å². The third-order valence-corrected chi connectivity index (χ3v) is 5.17. The maximum atomic E-state index is 13.0. The number of hydrogen-bond acceptors (Lipinski definition) is 4. The van der Waals surface area contributed by atoms with Crippen LogP contribution in [-0.4, -0.2) is 27.5 Å². The number of carbonyl (C=O) groups is 1. The average molecular weight is 381 g/mol. The summed E-state index contributed by atoms with van der Waals surface area (Å²) >= 11 is 0. The third-order valence-electron chi connectivity index (χ3n) is 5.17. The van der Waals surface area contributed by atoms with E-state index in [-0.39, 0.29) is 5.91 Å². The highest BCUT2D eigenvalue weighted by Crippen LogP contribution is 2.48. The molecule has 0 bridgehead atoms. The molecule has 0 spiro atoms. The fourth-order valence-electron chi connectivity index (χ4n) is 3.71. The van der Waals surface area contributed by atoms with E-state index in [1.807, 2.05) is 91.7 Å². The zero-order valence-corrected chi connectivity index (χ0v) is 16.1. The number of benzene rings is 1. The molecule has 4 heterocycles. The largest absolute Gasteiger partial charge is 0.284 e. The van der Waals surface area contributed by atoms with Gasteiger partial charge < -0.3 is 0 Å². The van der Waals surface area contributed by atoms with Gasteiger partial charge in [0.25, 0.3) is 0 Å². The molecule has 0 radical (unpaired) electrons. The van der Waals surface area contributed by atoms with Gasteiger partial charge in [-0.05, 0) is 50.3 Å². The first-order chi connectivity index (χ1) is 14.1. The van der Waals surface area contributed by atoms with Gasteiger partial charge in [0, 0.05) is 18.1 Å². The number of rotatable bonds is 2. The summed E-state index contributed by atoms with van der Waals surface area (Å²) in [5, 5.41) is 0. The summed E-state index contributed by atoms with van der Waals surface area (Å²) < 4.78 is 0. The molecule has 0 aliphatic carbocycles. The Morgan fingerprint density at radius 1 is 1.00 bits per heavy atom. The Balaban J connectivity index is 1.72. The molecule has 0 unspecified atom stereocenters. The van der Waals surface area contributed by atoms with Gasteiger partial charge in [-0.2, -0.15) is 0 Å². The second-order valence-corrected chi connectivity index (χ2v) is 7.46. The van der Waals surface area contributed by atoms with Crippen molar-refractivity contribution in [1.29, 1.82) is 0 Å². The van der Waals surface area contributed by atoms with Crippen LogP contribution in [0.5, 0.6) is 0 Å². The number of anilines is 1. The second kappa shape index (κ2) is 6.38. The number of aromatic nitrogens is 1. The van der Waals surface area contributed by atoms with Crippen molar-refractivity contribution in [3.63, 3.8) is 0 Å². The summed E-state index contributed by atoms with van der Waals surface area (Å²) in [5.74, 6) is 2.07. The normalized spacial score (nSPS) is 23.3. The van der Waals surface area contributed by atoms with Gasteiger partial charge in [-0.15, -0.1) is 0 Å². The molecule has 1 saturated heterocycles. The maximum absolute atomic E-state index is 13.0. The number of β-lactam (4-membered cyclic amide) rings is 1. The summed E-state index contributed by atoms with van der Waals surface area (Å²) in [5.41, 5.74) is 1.69. The molecule has 3 aliphatic heterocycles. The fourth-order valence-corrected chi connectivity index (χ4v) is 3.71. The number of allylic oxidation sites excluding steroid dienone is 2. The molecule has 142 valence electrons. The van der Waals surface area contributed by atoms with Gasteiger partial charge in [0.05, 0.1) is 11.1 Å². The van der Waals surface area contributed by atoms with E-state index in [4.69, 9.17) is 9.98 Å². The summed E-state index contributed by atoms with van der Waals surface area (Å²) in [7, 11) is 0. The Hall–Kier alpha value is -3.80. The van der Waals surface area contributed by atoms with Gasteiger partial charge in [-0.1, -0.05) is 30.3 Å². The lowest BCUT2D eigenvalue weighted by atomic mass is 9.76. The van der Waals surface area contributed by atoms with Crippen LogP contribution in [-0.2, 0) is 4.79 Å². The lowest BCUT2D eigenvalue weighted by molar-refractivity contribution is -0.129. The standard InChI is InChI=1S/C23H19N5O/c1-23(2)20(28(22(23)29)16-10-4-3-5-11-16)19-21(25-17-12-6-8-14-24-17)27-15-9-7-13-18(27)26-19/h3-15H,1-2H3/b20-19-,25-21+. The first-order valence-corrected chi connectivity index (χ1v) is 9.44. The summed E-state index contributed by atoms with van der Waals surface area (Å²) in [6.07, 6.45) is 9.44. The number of fused-ring (bicyclic) bond motifs is 1. The van der Waals surface area contributed by atoms with Crippen LogP contribution < -0.4 is 4.90 Å². The molecule has 6 nitrogen and oxygen atoms in total. The predicted octanol–water partition coefficient (Wildman–Crippen LogP) is 4.19. The van der Waals surface area contributed by atoms with Crippen LogP contribution in [0.15, 0.2) is 101 Å². The smallest absolute Gasteiger partial charge is 0.243 e. The van der Waals surface area contributed by atoms with Gasteiger partial charge in [-0.25, -0.2) is 15.0 Å². The minimum Gasteiger partial charge on any atom is -0.284 e. The summed E-state index contributed by atoms with van der Waals surface area (Å²) in [6.45, 7) is 3.86. The van der Waals surface area contributed by atoms with Gasteiger partial charge in [0.1, 0.15) is 11.5 Å². The number of hydrogen-bond donors (Lipinski definition) is 0. The van der Waals surface area contributed by atoms with E-state index in [1.165, 1.54) is 0 Å². The molecular formula is C23H19N5O. The van der Waals surface area contributed by atoms with Crippen molar-refractivity contribution in [1.82, 2.24) is 9.88 Å². The zero-order valence-electron chi connectivity index (χ0n) is 16.1. The van der Waals surface area contributed by atoms with E-state index in [1.54, 1.807) is 11.1 Å². The highest BCUT2D eigenvalue weighted by atomic mass is 16.2. The number of amides is 1. The van der Waals surface area contributed by atoms with Crippen LogP contribution >= 0.6 is 0 Å². The van der Waals surface area contributed by atoms with Crippen molar-refractivity contribution < 1.29 is 4.79 Å². The summed E-state index contributed by atoms with van der Waals surface area (Å²) in [4.78, 5) is 30.6. The molecule has 6 heteroatoms. The van der Waals surface area contributed by atoms with Crippen LogP contribution in [0, 0.1) is 5.41 Å². The lowest BCUT2D eigenvalue weighted by Crippen LogP contribution is -2.57. The Morgan fingerprint density at radius 2 is 1.79 bits per heavy atom. The first-order valence-electron chi connectivity index (χ1n) is 9.44. The molecule has 1 fully saturated rings. The fraction of sp³-hybridized carbons (Fsp3) is 0.130. The van der Waals surface area contributed by atoms with E-state index in [0.29, 0.717) is 17.4 Å². The zero-order chi connectivity index (χ0) is 20.0. The van der Waals surface area contributed by atoms with E-state index < -0.39 is 5.41 Å². The molecule has 29 heavy (non-hydrogen) atoms. The number of nitrogens with zero attached hydrogens (tertiary/aromatic N) is 5. The van der Waals surface area contributed by atoms with Crippen molar-refractivity contribution in [3.05, 3.63) is 90.5 Å². The van der Waals surface area contributed by atoms with Crippen LogP contribution in [0.2, 0.25) is 0 Å². The number of amidine groups is 2. The molecule has 1 aromatic carbocycles. The molecule has 5 rings (SSSR count). The molecule has 1 aromatic heterocycles. The van der Waals surface area contributed by atoms with E-state index >= 15 is 0 Å². The lowest BCUT2D eigenvalue weighted by Gasteiger charge is -2.47. The minimum atomic E-state index is -0.665. The minimum absolute atomic E-state index is 0.0412. The van der Waals surface area contributed by atoms with Crippen LogP contribution in [0.1, 0.15) is 13.8 Å². The topological polar surface area (TPSA) is 61.2 Å². The van der Waals surface area contributed by atoms with Crippen molar-refractivity contribution in [2.24, 2.45) is 15.4 Å². The van der Waals surface area contributed by atoms with Gasteiger partial charge in [0.2, 0.25) is 5.91 Å². The maximum Gasteiger partial charge on any atom is 0.243 e. The summed E-state index contributed by atoms with van der Waals surface area (Å²) in [6, 6.07) is 15.2. The highest BCUT2D eigenvalue weighted by molar-refractivity contribution is 6.23. The number of para-hydroxylation sites is 1. The molecule has 0 atom stereocenters. The molecule has 1 amide bonds. The van der Waals surface area contributed by atoms with Crippen molar-refractivity contribution in [2.75, 3.05) is 4.90 Å². The van der Waals surface area contributed by atoms with Gasteiger partial charge >= 0.3 is 0 Å². The molecular weight excluding hydrogens is 362 g/mol. The number of aliphatic imine (C=N–C) groups is 2. The third kappa shape index (κ3) is 2.64. The van der Waals surface area contributed by atoms with Crippen molar-refractivity contribution in [2.45, 2.75) is 13.8 Å². The Kier molecular flexibility index (Phi) is 3.81. The van der Waals surface area contributed by atoms with Crippen molar-refractivity contribution in [3.8, 4) is 0 Å². The monoisotopic (exact) mass is 381 g/mol. The highest BCUT2D eigenvalue weighted by Gasteiger charge is 2.54. The Morgan fingerprint density at radius 3 is 2.55 bits per heavy atom. The van der Waals surface area contributed by atoms with Crippen molar-refractivity contribution >= 4 is 29.1 Å². The van der Waals surface area contributed by atoms with Gasteiger partial charge in [-0.3, -0.25) is 14.6 Å².